The number of aliphatic imine (C=N–C) groups is 1. The van der Waals surface area contributed by atoms with Gasteiger partial charge in [0.2, 0.25) is 23.6 Å². The molecule has 0 aliphatic heterocycles. The first-order valence-electron chi connectivity index (χ1n) is 14.0. The summed E-state index contributed by atoms with van der Waals surface area (Å²) >= 11 is 0. The number of carboxylic acids is 1. The molecule has 244 valence electrons. The topological polar surface area (TPSA) is 299 Å². The van der Waals surface area contributed by atoms with Crippen LogP contribution < -0.4 is 38.9 Å². The third kappa shape index (κ3) is 13.2. The quantitative estimate of drug-likeness (QED) is 0.0492. The first kappa shape index (κ1) is 35.8. The van der Waals surface area contributed by atoms with Gasteiger partial charge in [-0.3, -0.25) is 24.2 Å². The number of aliphatic carboxylic acids is 1. The minimum atomic E-state index is -1.39. The molecule has 2 aromatic rings. The number of benzene rings is 2. The summed E-state index contributed by atoms with van der Waals surface area (Å²) in [7, 11) is 0. The predicted molar refractivity (Wildman–Crippen MR) is 163 cm³/mol. The highest BCUT2D eigenvalue weighted by atomic mass is 16.4. The summed E-state index contributed by atoms with van der Waals surface area (Å²) in [6.07, 6.45) is -0.338. The normalized spacial score (nSPS) is 13.4. The van der Waals surface area contributed by atoms with E-state index in [-0.39, 0.29) is 62.5 Å². The van der Waals surface area contributed by atoms with Gasteiger partial charge in [-0.2, -0.15) is 0 Å². The number of rotatable bonds is 18. The monoisotopic (exact) mass is 628 g/mol. The number of guanidine groups is 1. The number of primary amides is 1. The summed E-state index contributed by atoms with van der Waals surface area (Å²) in [5.74, 6) is -4.63. The molecule has 0 aromatic heterocycles. The van der Waals surface area contributed by atoms with Crippen LogP contribution in [-0.4, -0.2) is 81.6 Å². The minimum Gasteiger partial charge on any atom is -0.508 e. The molecule has 0 aliphatic carbocycles. The fourth-order valence-corrected chi connectivity index (χ4v) is 4.20. The fraction of sp³-hybridized carbons (Fsp3) is 0.379. The molecule has 0 saturated heterocycles. The summed E-state index contributed by atoms with van der Waals surface area (Å²) in [6.45, 7) is 0.103. The molecule has 0 bridgehead atoms. The van der Waals surface area contributed by atoms with Gasteiger partial charge >= 0.3 is 5.97 Å². The number of nitrogens with two attached hydrogens (primary N) is 4. The predicted octanol–water partition coefficient (Wildman–Crippen LogP) is -1.93. The maximum absolute atomic E-state index is 13.4. The Hall–Kier alpha value is -5.38. The van der Waals surface area contributed by atoms with Gasteiger partial charge in [0, 0.05) is 19.4 Å². The van der Waals surface area contributed by atoms with Gasteiger partial charge in [0.1, 0.15) is 29.6 Å². The molecular weight excluding hydrogens is 588 g/mol. The summed E-state index contributed by atoms with van der Waals surface area (Å²) in [5, 5.41) is 36.1. The van der Waals surface area contributed by atoms with E-state index in [1.54, 1.807) is 12.1 Å². The van der Waals surface area contributed by atoms with Crippen LogP contribution in [0.2, 0.25) is 0 Å². The molecule has 2 rings (SSSR count). The fourth-order valence-electron chi connectivity index (χ4n) is 4.20. The van der Waals surface area contributed by atoms with Gasteiger partial charge in [-0.05, 0) is 61.1 Å². The summed E-state index contributed by atoms with van der Waals surface area (Å²) in [5.41, 5.74) is 23.2. The molecule has 16 heteroatoms. The van der Waals surface area contributed by atoms with Crippen LogP contribution in [0.5, 0.6) is 11.5 Å². The summed E-state index contributed by atoms with van der Waals surface area (Å²) < 4.78 is 0. The second kappa shape index (κ2) is 17.7. The second-order valence-corrected chi connectivity index (χ2v) is 10.3. The van der Waals surface area contributed by atoms with Crippen molar-refractivity contribution in [1.29, 1.82) is 0 Å². The van der Waals surface area contributed by atoms with E-state index in [2.05, 4.69) is 20.9 Å². The molecule has 0 fully saturated rings. The minimum absolute atomic E-state index is 0.0162. The number of phenolic OH excluding ortho intramolecular Hbond substituents is 2. The van der Waals surface area contributed by atoms with Crippen LogP contribution >= 0.6 is 0 Å². The third-order valence-corrected chi connectivity index (χ3v) is 6.61. The molecule has 0 radical (unpaired) electrons. The first-order chi connectivity index (χ1) is 21.2. The van der Waals surface area contributed by atoms with Gasteiger partial charge in [-0.1, -0.05) is 24.3 Å². The molecule has 4 unspecified atom stereocenters. The lowest BCUT2D eigenvalue weighted by molar-refractivity contribution is -0.142. The zero-order valence-corrected chi connectivity index (χ0v) is 24.5. The SMILES string of the molecule is NC(=O)CCC(NC(=O)C(N)Cc1ccc(O)cc1)C(=O)NC(CCCN=C(N)N)C(=O)NC(Cc1ccc(O)cc1)C(=O)O. The Bertz CT molecular complexity index is 1350. The number of amides is 4. The van der Waals surface area contributed by atoms with E-state index in [0.717, 1.165) is 0 Å². The van der Waals surface area contributed by atoms with Crippen molar-refractivity contribution in [2.24, 2.45) is 27.9 Å². The summed E-state index contributed by atoms with van der Waals surface area (Å²) in [6, 6.07) is 6.68. The van der Waals surface area contributed by atoms with Gasteiger partial charge in [0.05, 0.1) is 6.04 Å². The van der Waals surface area contributed by atoms with Gasteiger partial charge in [0.25, 0.3) is 0 Å². The lowest BCUT2D eigenvalue weighted by atomic mass is 10.0. The van der Waals surface area contributed by atoms with Crippen molar-refractivity contribution in [2.75, 3.05) is 6.54 Å². The van der Waals surface area contributed by atoms with Crippen LogP contribution in [0.25, 0.3) is 0 Å². The van der Waals surface area contributed by atoms with Crippen molar-refractivity contribution >= 4 is 35.6 Å². The van der Waals surface area contributed by atoms with Crippen LogP contribution in [0.1, 0.15) is 36.8 Å². The maximum atomic E-state index is 13.4. The van der Waals surface area contributed by atoms with E-state index >= 15 is 0 Å². The number of aromatic hydroxyl groups is 2. The number of carbonyl (C=O) groups excluding carboxylic acids is 4. The van der Waals surface area contributed by atoms with Crippen LogP contribution in [0.3, 0.4) is 0 Å². The number of phenols is 2. The van der Waals surface area contributed by atoms with E-state index < -0.39 is 53.8 Å². The molecule has 16 nitrogen and oxygen atoms in total. The first-order valence-corrected chi connectivity index (χ1v) is 14.0. The van der Waals surface area contributed by atoms with Crippen LogP contribution in [0, 0.1) is 0 Å². The van der Waals surface area contributed by atoms with E-state index in [1.165, 1.54) is 36.4 Å². The number of nitrogens with zero attached hydrogens (tertiary/aromatic N) is 1. The highest BCUT2D eigenvalue weighted by Gasteiger charge is 2.30. The molecule has 4 amide bonds. The van der Waals surface area contributed by atoms with Crippen LogP contribution in [-0.2, 0) is 36.8 Å². The van der Waals surface area contributed by atoms with E-state index in [9.17, 15) is 39.3 Å². The average Bonchev–Trinajstić information content (AvgIpc) is 2.98. The van der Waals surface area contributed by atoms with E-state index in [1.807, 2.05) is 0 Å². The van der Waals surface area contributed by atoms with Gasteiger partial charge in [-0.25, -0.2) is 4.79 Å². The molecule has 4 atom stereocenters. The Balaban J connectivity index is 2.20. The average molecular weight is 629 g/mol. The van der Waals surface area contributed by atoms with Crippen molar-refractivity contribution in [3.05, 3.63) is 59.7 Å². The zero-order chi connectivity index (χ0) is 33.5. The standard InChI is InChI=1S/C29H40N8O8/c30-20(14-16-3-7-18(38)8-4-16)25(41)35-22(11-12-24(31)40)27(43)36-21(2-1-13-34-29(32)33)26(42)37-23(28(44)45)15-17-5-9-19(39)10-6-17/h3-10,20-23,38-39H,1-2,11-15,30H2,(H2,31,40)(H,35,41)(H,36,43)(H,37,42)(H,44,45)(H4,32,33,34). The van der Waals surface area contributed by atoms with Gasteiger partial charge < -0.3 is 54.2 Å². The molecule has 0 saturated carbocycles. The van der Waals surface area contributed by atoms with Crippen LogP contribution in [0.15, 0.2) is 53.5 Å². The Morgan fingerprint density at radius 2 is 1.16 bits per heavy atom. The Morgan fingerprint density at radius 3 is 1.64 bits per heavy atom. The van der Waals surface area contributed by atoms with E-state index in [4.69, 9.17) is 22.9 Å². The number of hydrogen-bond donors (Lipinski definition) is 10. The molecule has 0 heterocycles. The molecule has 2 aromatic carbocycles. The number of carbonyl (C=O) groups is 5. The second-order valence-electron chi connectivity index (χ2n) is 10.3. The largest absolute Gasteiger partial charge is 0.508 e. The highest BCUT2D eigenvalue weighted by molar-refractivity contribution is 5.94. The Kier molecular flexibility index (Phi) is 14.1. The number of carboxylic acid groups (broad SMARTS) is 1. The molecule has 0 spiro atoms. The third-order valence-electron chi connectivity index (χ3n) is 6.61. The molecular formula is C29H40N8O8. The van der Waals surface area contributed by atoms with Gasteiger partial charge in [0.15, 0.2) is 5.96 Å². The Labute approximate surface area is 259 Å². The van der Waals surface area contributed by atoms with E-state index in [0.29, 0.717) is 11.1 Å². The highest BCUT2D eigenvalue weighted by Crippen LogP contribution is 2.13. The van der Waals surface area contributed by atoms with Crippen molar-refractivity contribution in [2.45, 2.75) is 62.7 Å². The molecule has 45 heavy (non-hydrogen) atoms. The Morgan fingerprint density at radius 1 is 0.689 bits per heavy atom. The lowest BCUT2D eigenvalue weighted by Crippen LogP contribution is -2.57. The summed E-state index contributed by atoms with van der Waals surface area (Å²) in [4.78, 5) is 66.9. The van der Waals surface area contributed by atoms with Crippen molar-refractivity contribution in [3.8, 4) is 11.5 Å². The maximum Gasteiger partial charge on any atom is 0.326 e. The zero-order valence-electron chi connectivity index (χ0n) is 24.5. The molecule has 0 aliphatic rings. The smallest absolute Gasteiger partial charge is 0.326 e. The van der Waals surface area contributed by atoms with Crippen LogP contribution in [0.4, 0.5) is 0 Å². The number of nitrogens with one attached hydrogen (secondary N) is 3. The van der Waals surface area contributed by atoms with Crippen molar-refractivity contribution < 1.29 is 39.3 Å². The van der Waals surface area contributed by atoms with Crippen molar-refractivity contribution in [1.82, 2.24) is 16.0 Å². The number of hydrogen-bond acceptors (Lipinski definition) is 9. The van der Waals surface area contributed by atoms with Crippen molar-refractivity contribution in [3.63, 3.8) is 0 Å². The van der Waals surface area contributed by atoms with Gasteiger partial charge in [-0.15, -0.1) is 0 Å². The molecule has 14 N–H and O–H groups in total. The lowest BCUT2D eigenvalue weighted by Gasteiger charge is -2.25.